The molecule has 0 amide bonds. The second-order valence-electron chi connectivity index (χ2n) is 17.0. The van der Waals surface area contributed by atoms with E-state index in [1.165, 1.54) is 38.5 Å². The summed E-state index contributed by atoms with van der Waals surface area (Å²) in [5.74, 6) is -2.33. The van der Waals surface area contributed by atoms with E-state index in [2.05, 4.69) is 86.8 Å². The Bertz CT molecular complexity index is 1230. The number of nitrogens with zero attached hydrogens (tertiary/aromatic N) is 1. The van der Waals surface area contributed by atoms with Gasteiger partial charge in [0.05, 0.1) is 40.3 Å². The van der Waals surface area contributed by atoms with E-state index in [-0.39, 0.29) is 38.6 Å². The molecule has 0 aliphatic carbocycles. The Morgan fingerprint density at radius 1 is 0.508 bits per heavy atom. The van der Waals surface area contributed by atoms with Gasteiger partial charge in [-0.2, -0.15) is 0 Å². The van der Waals surface area contributed by atoms with Gasteiger partial charge in [-0.05, 0) is 83.5 Å². The van der Waals surface area contributed by atoms with Crippen molar-refractivity contribution in [2.75, 3.05) is 47.5 Å². The largest absolute Gasteiger partial charge is 0.545 e. The van der Waals surface area contributed by atoms with Gasteiger partial charge in [0.2, 0.25) is 0 Å². The van der Waals surface area contributed by atoms with Crippen LogP contribution in [0.15, 0.2) is 72.9 Å². The highest BCUT2D eigenvalue weighted by Gasteiger charge is 2.21. The molecule has 0 saturated heterocycles. The highest BCUT2D eigenvalue weighted by atomic mass is 16.7. The number of ether oxygens (including phenoxy) is 4. The fraction of sp³-hybridized carbons (Fsp3) is 0.712. The summed E-state index contributed by atoms with van der Waals surface area (Å²) in [5.41, 5.74) is 0. The number of carbonyl (C=O) groups excluding carboxylic acids is 3. The number of hydrogen-bond donors (Lipinski definition) is 0. The summed E-state index contributed by atoms with van der Waals surface area (Å²) in [6, 6.07) is 0. The lowest BCUT2D eigenvalue weighted by Gasteiger charge is -2.26. The van der Waals surface area contributed by atoms with Crippen molar-refractivity contribution in [2.24, 2.45) is 0 Å². The van der Waals surface area contributed by atoms with Crippen molar-refractivity contribution in [3.63, 3.8) is 0 Å². The Kier molecular flexibility index (Phi) is 41.1. The number of rotatable bonds is 43. The number of esters is 2. The second-order valence-corrected chi connectivity index (χ2v) is 17.0. The van der Waals surface area contributed by atoms with Crippen molar-refractivity contribution >= 4 is 17.9 Å². The highest BCUT2D eigenvalue weighted by molar-refractivity contribution is 5.70. The summed E-state index contributed by atoms with van der Waals surface area (Å²) >= 11 is 0. The predicted octanol–water partition coefficient (Wildman–Crippen LogP) is 11.8. The highest BCUT2D eigenvalue weighted by Crippen LogP contribution is 2.13. The average molecular weight is 856 g/mol. The maximum atomic E-state index is 12.8. The zero-order valence-electron chi connectivity index (χ0n) is 39.5. The van der Waals surface area contributed by atoms with Crippen molar-refractivity contribution in [1.29, 1.82) is 0 Å². The van der Waals surface area contributed by atoms with Crippen LogP contribution in [0.4, 0.5) is 0 Å². The van der Waals surface area contributed by atoms with Crippen molar-refractivity contribution in [1.82, 2.24) is 0 Å². The number of carboxylic acid groups (broad SMARTS) is 1. The Morgan fingerprint density at radius 3 is 1.39 bits per heavy atom. The number of hydrogen-bond acceptors (Lipinski definition) is 8. The van der Waals surface area contributed by atoms with E-state index in [9.17, 15) is 19.5 Å². The van der Waals surface area contributed by atoms with Crippen molar-refractivity contribution < 1.29 is 42.9 Å². The monoisotopic (exact) mass is 856 g/mol. The van der Waals surface area contributed by atoms with Crippen molar-refractivity contribution in [3.05, 3.63) is 72.9 Å². The third-order valence-electron chi connectivity index (χ3n) is 9.94. The zero-order valence-corrected chi connectivity index (χ0v) is 39.5. The fourth-order valence-corrected chi connectivity index (χ4v) is 6.20. The van der Waals surface area contributed by atoms with Crippen LogP contribution in [0, 0.1) is 0 Å². The molecule has 0 bridgehead atoms. The topological polar surface area (TPSA) is 111 Å². The van der Waals surface area contributed by atoms with E-state index in [4.69, 9.17) is 18.9 Å². The maximum absolute atomic E-state index is 12.8. The van der Waals surface area contributed by atoms with Crippen LogP contribution in [0.2, 0.25) is 0 Å². The Labute approximate surface area is 373 Å². The van der Waals surface area contributed by atoms with Gasteiger partial charge < -0.3 is 33.3 Å². The summed E-state index contributed by atoms with van der Waals surface area (Å²) in [6.45, 7) is 4.57. The minimum absolute atomic E-state index is 0.138. The smallest absolute Gasteiger partial charge is 0.306 e. The maximum Gasteiger partial charge on any atom is 0.306 e. The molecule has 2 unspecified atom stereocenters. The van der Waals surface area contributed by atoms with E-state index in [0.29, 0.717) is 23.9 Å². The van der Waals surface area contributed by atoms with Crippen LogP contribution in [-0.2, 0) is 33.3 Å². The lowest BCUT2D eigenvalue weighted by atomic mass is 10.1. The molecule has 0 aromatic rings. The Morgan fingerprint density at radius 2 is 0.934 bits per heavy atom. The van der Waals surface area contributed by atoms with Crippen LogP contribution in [0.1, 0.15) is 181 Å². The molecule has 0 fully saturated rings. The van der Waals surface area contributed by atoms with Gasteiger partial charge in [-0.25, -0.2) is 0 Å². The SMILES string of the molecule is CC/C=C\C/C=C\C/C=C\CCCCCCCC(=O)OCC(COC(OCC[N+](C)(C)C)C(=O)[O-])OC(=O)CCCCCCCC/C=C\C/C=C\C/C=C\CCCCCCC. The van der Waals surface area contributed by atoms with Crippen LogP contribution >= 0.6 is 0 Å². The quantitative estimate of drug-likeness (QED) is 0.0196. The lowest BCUT2D eigenvalue weighted by Crippen LogP contribution is -2.44. The molecule has 0 aliphatic heterocycles. The molecule has 9 nitrogen and oxygen atoms in total. The van der Waals surface area contributed by atoms with Crippen molar-refractivity contribution in [2.45, 2.75) is 193 Å². The van der Waals surface area contributed by atoms with Gasteiger partial charge in [0.25, 0.3) is 0 Å². The number of allylic oxidation sites excluding steroid dienone is 12. The van der Waals surface area contributed by atoms with Crippen LogP contribution in [0.25, 0.3) is 0 Å². The second kappa shape index (κ2) is 43.4. The third kappa shape index (κ3) is 44.6. The van der Waals surface area contributed by atoms with Crippen LogP contribution < -0.4 is 5.11 Å². The van der Waals surface area contributed by atoms with E-state index in [1.807, 2.05) is 21.1 Å². The first-order valence-electron chi connectivity index (χ1n) is 24.1. The van der Waals surface area contributed by atoms with E-state index in [0.717, 1.165) is 103 Å². The van der Waals surface area contributed by atoms with Gasteiger partial charge in [-0.3, -0.25) is 9.59 Å². The summed E-state index contributed by atoms with van der Waals surface area (Å²) in [7, 11) is 5.89. The molecule has 0 N–H and O–H groups in total. The van der Waals surface area contributed by atoms with E-state index in [1.54, 1.807) is 0 Å². The molecule has 0 aromatic carbocycles. The number of likely N-dealkylation sites (N-methyl/N-ethyl adjacent to an activating group) is 1. The molecule has 0 aliphatic rings. The molecule has 0 rings (SSSR count). The molecule has 0 aromatic heterocycles. The lowest BCUT2D eigenvalue weighted by molar-refractivity contribution is -0.870. The number of carboxylic acids is 1. The summed E-state index contributed by atoms with van der Waals surface area (Å²) in [5, 5.41) is 11.7. The normalized spacial score (nSPS) is 13.5. The first-order valence-corrected chi connectivity index (χ1v) is 24.1. The summed E-state index contributed by atoms with van der Waals surface area (Å²) in [4.78, 5) is 37.1. The molecule has 0 saturated carbocycles. The molecule has 2 atom stereocenters. The predicted molar refractivity (Wildman–Crippen MR) is 251 cm³/mol. The molecular weight excluding hydrogens is 767 g/mol. The Balaban J connectivity index is 4.45. The average Bonchev–Trinajstić information content (AvgIpc) is 3.22. The molecule has 0 heterocycles. The van der Waals surface area contributed by atoms with Gasteiger partial charge in [-0.1, -0.05) is 157 Å². The molecule has 0 spiro atoms. The molecule has 9 heteroatoms. The number of quaternary nitrogens is 1. The van der Waals surface area contributed by atoms with E-state index < -0.39 is 24.3 Å². The minimum Gasteiger partial charge on any atom is -0.545 e. The molecule has 61 heavy (non-hydrogen) atoms. The van der Waals surface area contributed by atoms with Crippen LogP contribution in [0.3, 0.4) is 0 Å². The van der Waals surface area contributed by atoms with Crippen LogP contribution in [0.5, 0.6) is 0 Å². The molecule has 0 radical (unpaired) electrons. The first kappa shape index (κ1) is 57.7. The van der Waals surface area contributed by atoms with Crippen LogP contribution in [-0.4, -0.2) is 82.3 Å². The molecule has 350 valence electrons. The summed E-state index contributed by atoms with van der Waals surface area (Å²) in [6.07, 6.45) is 50.7. The van der Waals surface area contributed by atoms with Gasteiger partial charge in [0, 0.05) is 12.8 Å². The minimum atomic E-state index is -1.63. The van der Waals surface area contributed by atoms with Gasteiger partial charge >= 0.3 is 11.9 Å². The number of carbonyl (C=O) groups is 3. The first-order chi connectivity index (χ1) is 29.6. The van der Waals surface area contributed by atoms with E-state index >= 15 is 0 Å². The van der Waals surface area contributed by atoms with Gasteiger partial charge in [-0.15, -0.1) is 0 Å². The van der Waals surface area contributed by atoms with Gasteiger partial charge in [0.1, 0.15) is 13.2 Å². The van der Waals surface area contributed by atoms with Crippen molar-refractivity contribution in [3.8, 4) is 0 Å². The number of unbranched alkanes of at least 4 members (excludes halogenated alkanes) is 16. The standard InChI is InChI=1S/C52H89NO8/c1-6-8-10-12-14-16-18-20-22-23-24-25-26-27-29-31-33-35-37-39-41-43-50(55)61-48(47-60-52(51(56)57)58-45-44-53(3,4)5)46-59-49(54)42-40-38-36-34-32-30-28-21-19-17-15-13-11-9-7-2/h9,11,15,17-18,20-21,23-24,26-28,48,52H,6-8,10,12-14,16,19,22,25,29-47H2,1-5H3/b11-9-,17-15-,20-18-,24-23-,27-26-,28-21-. The fourth-order valence-electron chi connectivity index (χ4n) is 6.20. The number of aliphatic carboxylic acids is 1. The van der Waals surface area contributed by atoms with Gasteiger partial charge in [0.15, 0.2) is 12.4 Å². The third-order valence-corrected chi connectivity index (χ3v) is 9.94. The Hall–Kier alpha value is -3.27. The zero-order chi connectivity index (χ0) is 44.9. The molecular formula is C52H89NO8. The summed E-state index contributed by atoms with van der Waals surface area (Å²) < 4.78 is 22.5.